The Labute approximate surface area is 158 Å². The van der Waals surface area contributed by atoms with Crippen LogP contribution in [0.3, 0.4) is 0 Å². The second kappa shape index (κ2) is 8.10. The van der Waals surface area contributed by atoms with Gasteiger partial charge in [0.2, 0.25) is 11.8 Å². The van der Waals surface area contributed by atoms with E-state index < -0.39 is 35.8 Å². The van der Waals surface area contributed by atoms with Crippen molar-refractivity contribution in [2.45, 2.75) is 13.1 Å². The zero-order valence-electron chi connectivity index (χ0n) is 14.0. The predicted molar refractivity (Wildman–Crippen MR) is 94.3 cm³/mol. The van der Waals surface area contributed by atoms with Gasteiger partial charge in [-0.2, -0.15) is 18.4 Å². The second-order valence-corrected chi connectivity index (χ2v) is 5.94. The van der Waals surface area contributed by atoms with E-state index in [1.165, 1.54) is 30.3 Å². The van der Waals surface area contributed by atoms with Gasteiger partial charge >= 0.3 is 6.18 Å². The average Bonchev–Trinajstić information content (AvgIpc) is 2.59. The van der Waals surface area contributed by atoms with Crippen molar-refractivity contribution in [3.05, 3.63) is 58.6 Å². The normalized spacial score (nSPS) is 10.8. The summed E-state index contributed by atoms with van der Waals surface area (Å²) < 4.78 is 39.9. The highest BCUT2D eigenvalue weighted by Crippen LogP contribution is 2.38. The molecule has 2 rings (SSSR count). The van der Waals surface area contributed by atoms with Crippen LogP contribution in [0.4, 0.5) is 24.5 Å². The van der Waals surface area contributed by atoms with E-state index in [0.29, 0.717) is 17.3 Å². The van der Waals surface area contributed by atoms with Crippen LogP contribution in [0, 0.1) is 11.3 Å². The minimum Gasteiger partial charge on any atom is -0.325 e. The number of carbonyl (C=O) groups excluding carboxylic acids is 2. The van der Waals surface area contributed by atoms with Crippen LogP contribution in [-0.2, 0) is 15.8 Å². The van der Waals surface area contributed by atoms with Gasteiger partial charge in [-0.15, -0.1) is 0 Å². The molecule has 0 aromatic heterocycles. The van der Waals surface area contributed by atoms with Crippen molar-refractivity contribution in [1.82, 2.24) is 0 Å². The number of nitriles is 1. The highest BCUT2D eigenvalue weighted by molar-refractivity contribution is 6.30. The third kappa shape index (κ3) is 5.21. The SMILES string of the molecule is CC(=O)N(CC(=O)Nc1ccc(C#N)cc1)c1ccc(Cl)cc1C(F)(F)F. The Morgan fingerprint density at radius 1 is 1.19 bits per heavy atom. The predicted octanol–water partition coefficient (Wildman–Crippen LogP) is 4.22. The molecule has 5 nitrogen and oxygen atoms in total. The highest BCUT2D eigenvalue weighted by atomic mass is 35.5. The molecule has 0 unspecified atom stereocenters. The van der Waals surface area contributed by atoms with E-state index >= 15 is 0 Å². The van der Waals surface area contributed by atoms with Gasteiger partial charge in [-0.1, -0.05) is 11.6 Å². The minimum absolute atomic E-state index is 0.142. The molecule has 0 aliphatic heterocycles. The summed E-state index contributed by atoms with van der Waals surface area (Å²) in [6.45, 7) is 0.434. The van der Waals surface area contributed by atoms with Gasteiger partial charge in [0.05, 0.1) is 22.9 Å². The Bertz CT molecular complexity index is 906. The number of halogens is 4. The molecule has 27 heavy (non-hydrogen) atoms. The Balaban J connectivity index is 2.27. The number of rotatable bonds is 4. The molecule has 1 N–H and O–H groups in total. The summed E-state index contributed by atoms with van der Waals surface area (Å²) >= 11 is 5.64. The number of nitrogens with one attached hydrogen (secondary N) is 1. The highest BCUT2D eigenvalue weighted by Gasteiger charge is 2.36. The maximum absolute atomic E-state index is 13.3. The topological polar surface area (TPSA) is 73.2 Å². The van der Waals surface area contributed by atoms with Crippen LogP contribution in [0.25, 0.3) is 0 Å². The zero-order chi connectivity index (χ0) is 20.2. The van der Waals surface area contributed by atoms with Crippen LogP contribution < -0.4 is 10.2 Å². The minimum atomic E-state index is -4.75. The molecule has 9 heteroatoms. The summed E-state index contributed by atoms with van der Waals surface area (Å²) in [5.41, 5.74) is -0.852. The fourth-order valence-electron chi connectivity index (χ4n) is 2.31. The lowest BCUT2D eigenvalue weighted by atomic mass is 10.1. The number of hydrogen-bond acceptors (Lipinski definition) is 3. The van der Waals surface area contributed by atoms with Crippen LogP contribution in [0.15, 0.2) is 42.5 Å². The molecule has 0 bridgehead atoms. The maximum Gasteiger partial charge on any atom is 0.418 e. The smallest absolute Gasteiger partial charge is 0.325 e. The largest absolute Gasteiger partial charge is 0.418 e. The molecule has 0 aliphatic carbocycles. The lowest BCUT2D eigenvalue weighted by Gasteiger charge is -2.24. The third-order valence-corrected chi connectivity index (χ3v) is 3.77. The Morgan fingerprint density at radius 3 is 2.33 bits per heavy atom. The number of anilines is 2. The van der Waals surface area contributed by atoms with Crippen LogP contribution in [0.2, 0.25) is 5.02 Å². The third-order valence-electron chi connectivity index (χ3n) is 3.53. The first-order valence-corrected chi connectivity index (χ1v) is 7.94. The van der Waals surface area contributed by atoms with E-state index in [0.717, 1.165) is 17.9 Å². The Kier molecular flexibility index (Phi) is 6.08. The molecular weight excluding hydrogens is 383 g/mol. The summed E-state index contributed by atoms with van der Waals surface area (Å²) in [5, 5.41) is 11.1. The van der Waals surface area contributed by atoms with Gasteiger partial charge in [0.1, 0.15) is 6.54 Å². The van der Waals surface area contributed by atoms with Crippen LogP contribution in [-0.4, -0.2) is 18.4 Å². The molecule has 0 spiro atoms. The van der Waals surface area contributed by atoms with Gasteiger partial charge in [0, 0.05) is 17.6 Å². The maximum atomic E-state index is 13.3. The number of amides is 2. The number of alkyl halides is 3. The lowest BCUT2D eigenvalue weighted by Crippen LogP contribution is -2.37. The van der Waals surface area contributed by atoms with E-state index in [-0.39, 0.29) is 5.02 Å². The van der Waals surface area contributed by atoms with Gasteiger partial charge < -0.3 is 10.2 Å². The van der Waals surface area contributed by atoms with Gasteiger partial charge in [-0.25, -0.2) is 0 Å². The fraction of sp³-hybridized carbons (Fsp3) is 0.167. The second-order valence-electron chi connectivity index (χ2n) is 5.50. The first kappa shape index (κ1) is 20.3. The van der Waals surface area contributed by atoms with Gasteiger partial charge in [-0.3, -0.25) is 9.59 Å². The summed E-state index contributed by atoms with van der Waals surface area (Å²) in [7, 11) is 0. The first-order valence-electron chi connectivity index (χ1n) is 7.56. The molecular formula is C18H13ClF3N3O2. The molecule has 0 saturated carbocycles. The summed E-state index contributed by atoms with van der Waals surface area (Å²) in [6.07, 6.45) is -4.75. The van der Waals surface area contributed by atoms with Crippen LogP contribution in [0.1, 0.15) is 18.1 Å². The number of nitrogens with zero attached hydrogens (tertiary/aromatic N) is 2. The number of benzene rings is 2. The van der Waals surface area contributed by atoms with Crippen molar-refractivity contribution in [1.29, 1.82) is 5.26 Å². The molecule has 0 aliphatic rings. The van der Waals surface area contributed by atoms with E-state index in [1.807, 2.05) is 6.07 Å². The van der Waals surface area contributed by atoms with Gasteiger partial charge in [0.25, 0.3) is 0 Å². The van der Waals surface area contributed by atoms with Crippen molar-refractivity contribution in [2.24, 2.45) is 0 Å². The van der Waals surface area contributed by atoms with Crippen molar-refractivity contribution in [2.75, 3.05) is 16.8 Å². The average molecular weight is 396 g/mol. The fourth-order valence-corrected chi connectivity index (χ4v) is 2.48. The molecule has 2 amide bonds. The molecule has 0 radical (unpaired) electrons. The number of hydrogen-bond donors (Lipinski definition) is 1. The van der Waals surface area contributed by atoms with E-state index in [1.54, 1.807) is 0 Å². The molecule has 2 aromatic carbocycles. The van der Waals surface area contributed by atoms with Gasteiger partial charge in [0.15, 0.2) is 0 Å². The number of carbonyl (C=O) groups is 2. The van der Waals surface area contributed by atoms with E-state index in [4.69, 9.17) is 16.9 Å². The van der Waals surface area contributed by atoms with Crippen molar-refractivity contribution in [3.63, 3.8) is 0 Å². The van der Waals surface area contributed by atoms with Crippen molar-refractivity contribution in [3.8, 4) is 6.07 Å². The van der Waals surface area contributed by atoms with Crippen LogP contribution in [0.5, 0.6) is 0 Å². The standard InChI is InChI=1S/C18H13ClF3N3O2/c1-11(26)25(16-7-4-13(19)8-15(16)18(20,21)22)10-17(27)24-14-5-2-12(9-23)3-6-14/h2-8H,10H2,1H3,(H,24,27). The monoisotopic (exact) mass is 395 g/mol. The molecule has 0 atom stereocenters. The summed E-state index contributed by atoms with van der Waals surface area (Å²) in [4.78, 5) is 24.8. The zero-order valence-corrected chi connectivity index (χ0v) is 14.7. The molecule has 140 valence electrons. The quantitative estimate of drug-likeness (QED) is 0.842. The molecule has 0 heterocycles. The van der Waals surface area contributed by atoms with Crippen molar-refractivity contribution >= 4 is 34.8 Å². The van der Waals surface area contributed by atoms with Crippen molar-refractivity contribution < 1.29 is 22.8 Å². The summed E-state index contributed by atoms with van der Waals surface area (Å²) in [6, 6.07) is 10.8. The Hall–Kier alpha value is -3.05. The van der Waals surface area contributed by atoms with E-state index in [2.05, 4.69) is 5.32 Å². The molecule has 0 fully saturated rings. The lowest BCUT2D eigenvalue weighted by molar-refractivity contribution is -0.137. The van der Waals surface area contributed by atoms with Gasteiger partial charge in [-0.05, 0) is 42.5 Å². The first-order chi connectivity index (χ1) is 12.6. The van der Waals surface area contributed by atoms with E-state index in [9.17, 15) is 22.8 Å². The molecule has 2 aromatic rings. The summed E-state index contributed by atoms with van der Waals surface area (Å²) in [5.74, 6) is -1.43. The van der Waals surface area contributed by atoms with Crippen LogP contribution >= 0.6 is 11.6 Å². The molecule has 0 saturated heterocycles. The Morgan fingerprint density at radius 2 is 1.81 bits per heavy atom.